The average molecular weight is 271 g/mol. The number of rotatable bonds is 2. The first-order chi connectivity index (χ1) is 10.4. The lowest BCUT2D eigenvalue weighted by Gasteiger charge is -2.01. The minimum atomic E-state index is 0.777. The second-order valence-corrected chi connectivity index (χ2v) is 5.03. The van der Waals surface area contributed by atoms with Crippen molar-refractivity contribution in [2.24, 2.45) is 0 Å². The molecule has 0 saturated heterocycles. The van der Waals surface area contributed by atoms with Crippen LogP contribution in [-0.2, 0) is 0 Å². The van der Waals surface area contributed by atoms with E-state index in [-0.39, 0.29) is 0 Å². The molecule has 0 aliphatic heterocycles. The highest BCUT2D eigenvalue weighted by Gasteiger charge is 2.11. The zero-order valence-electron chi connectivity index (χ0n) is 11.3. The van der Waals surface area contributed by atoms with Crippen molar-refractivity contribution >= 4 is 34.9 Å². The summed E-state index contributed by atoms with van der Waals surface area (Å²) in [5.74, 6) is 0. The van der Waals surface area contributed by atoms with Crippen LogP contribution in [0.25, 0.3) is 33.1 Å². The van der Waals surface area contributed by atoms with Gasteiger partial charge < -0.3 is 9.44 Å². The molecule has 0 aliphatic carbocycles. The van der Waals surface area contributed by atoms with Gasteiger partial charge in [-0.1, -0.05) is 48.5 Å². The predicted molar refractivity (Wildman–Crippen MR) is 86.8 cm³/mol. The Morgan fingerprint density at radius 1 is 0.762 bits per heavy atom. The maximum atomic E-state index is 9.38. The van der Waals surface area contributed by atoms with E-state index >= 15 is 0 Å². The first kappa shape index (κ1) is 12.2. The van der Waals surface area contributed by atoms with Gasteiger partial charge in [0.1, 0.15) is 11.2 Å². The first-order valence-electron chi connectivity index (χ1n) is 6.85. The number of fused-ring (bicyclic) bond motifs is 3. The Bertz CT molecular complexity index is 926. The fourth-order valence-electron chi connectivity index (χ4n) is 2.77. The van der Waals surface area contributed by atoms with Crippen molar-refractivity contribution in [3.8, 4) is 11.1 Å². The minimum absolute atomic E-state index is 0.777. The van der Waals surface area contributed by atoms with E-state index in [0.717, 1.165) is 46.0 Å². The molecule has 0 unspecified atom stereocenters. The summed E-state index contributed by atoms with van der Waals surface area (Å²) in [7, 11) is 1.13. The molecule has 0 bridgehead atoms. The van der Waals surface area contributed by atoms with Crippen molar-refractivity contribution in [2.75, 3.05) is 0 Å². The van der Waals surface area contributed by atoms with Crippen molar-refractivity contribution < 1.29 is 9.44 Å². The van der Waals surface area contributed by atoms with Gasteiger partial charge in [0.25, 0.3) is 0 Å². The van der Waals surface area contributed by atoms with Gasteiger partial charge in [-0.05, 0) is 34.8 Å². The SMILES string of the molecule is O[B]c1cccc2oc3cc(-c4ccccc4)ccc3c12. The third kappa shape index (κ3) is 1.94. The normalized spacial score (nSPS) is 11.1. The number of benzene rings is 3. The molecule has 3 heteroatoms. The van der Waals surface area contributed by atoms with Gasteiger partial charge in [0.05, 0.1) is 0 Å². The number of furan rings is 1. The summed E-state index contributed by atoms with van der Waals surface area (Å²) in [6.07, 6.45) is 0. The van der Waals surface area contributed by atoms with Gasteiger partial charge in [0.2, 0.25) is 0 Å². The van der Waals surface area contributed by atoms with Crippen LogP contribution < -0.4 is 5.46 Å². The summed E-state index contributed by atoms with van der Waals surface area (Å²) < 4.78 is 5.93. The highest BCUT2D eigenvalue weighted by Crippen LogP contribution is 2.31. The van der Waals surface area contributed by atoms with Crippen LogP contribution in [0.2, 0.25) is 0 Å². The van der Waals surface area contributed by atoms with Crippen molar-refractivity contribution in [1.29, 1.82) is 0 Å². The summed E-state index contributed by atoms with van der Waals surface area (Å²) in [5.41, 5.74) is 4.68. The Labute approximate surface area is 122 Å². The third-order valence-electron chi connectivity index (χ3n) is 3.78. The van der Waals surface area contributed by atoms with Crippen LogP contribution in [0.1, 0.15) is 0 Å². The van der Waals surface area contributed by atoms with Gasteiger partial charge in [0, 0.05) is 10.8 Å². The van der Waals surface area contributed by atoms with Crippen LogP contribution >= 0.6 is 0 Å². The minimum Gasteiger partial charge on any atom is -0.456 e. The van der Waals surface area contributed by atoms with Crippen molar-refractivity contribution in [1.82, 2.24) is 0 Å². The second kappa shape index (κ2) is 4.79. The fraction of sp³-hybridized carbons (Fsp3) is 0. The van der Waals surface area contributed by atoms with Crippen LogP contribution in [0.15, 0.2) is 71.1 Å². The molecule has 1 aromatic heterocycles. The van der Waals surface area contributed by atoms with Gasteiger partial charge >= 0.3 is 7.48 Å². The zero-order chi connectivity index (χ0) is 14.2. The lowest BCUT2D eigenvalue weighted by molar-refractivity contribution is 0.615. The molecule has 2 nitrogen and oxygen atoms in total. The average Bonchev–Trinajstić information content (AvgIpc) is 2.93. The topological polar surface area (TPSA) is 33.4 Å². The molecule has 0 saturated carbocycles. The van der Waals surface area contributed by atoms with E-state index in [0.29, 0.717) is 0 Å². The van der Waals surface area contributed by atoms with Gasteiger partial charge in [-0.15, -0.1) is 0 Å². The maximum absolute atomic E-state index is 9.38. The predicted octanol–water partition coefficient (Wildman–Crippen LogP) is 3.49. The summed E-state index contributed by atoms with van der Waals surface area (Å²) in [6, 6.07) is 22.1. The molecule has 4 rings (SSSR count). The largest absolute Gasteiger partial charge is 0.456 e. The molecule has 0 atom stereocenters. The van der Waals surface area contributed by atoms with Gasteiger partial charge in [-0.3, -0.25) is 0 Å². The highest BCUT2D eigenvalue weighted by atomic mass is 16.3. The van der Waals surface area contributed by atoms with Gasteiger partial charge in [-0.2, -0.15) is 0 Å². The van der Waals surface area contributed by atoms with Crippen LogP contribution in [0.3, 0.4) is 0 Å². The van der Waals surface area contributed by atoms with Crippen LogP contribution in [0.5, 0.6) is 0 Å². The zero-order valence-corrected chi connectivity index (χ0v) is 11.3. The monoisotopic (exact) mass is 271 g/mol. The summed E-state index contributed by atoms with van der Waals surface area (Å²) in [6.45, 7) is 0. The van der Waals surface area contributed by atoms with E-state index in [2.05, 4.69) is 24.3 Å². The molecule has 4 aromatic rings. The first-order valence-corrected chi connectivity index (χ1v) is 6.85. The molecule has 3 aromatic carbocycles. The molecule has 0 spiro atoms. The summed E-state index contributed by atoms with van der Waals surface area (Å²) in [5, 5.41) is 11.4. The Hall–Kier alpha value is -2.52. The van der Waals surface area contributed by atoms with E-state index in [1.165, 1.54) is 0 Å². The second-order valence-electron chi connectivity index (χ2n) is 5.03. The molecule has 21 heavy (non-hydrogen) atoms. The molecule has 99 valence electrons. The molecular formula is C18H12BO2. The van der Waals surface area contributed by atoms with Crippen molar-refractivity contribution in [2.45, 2.75) is 0 Å². The van der Waals surface area contributed by atoms with Crippen LogP contribution in [0, 0.1) is 0 Å². The molecule has 1 N–H and O–H groups in total. The summed E-state index contributed by atoms with van der Waals surface area (Å²) >= 11 is 0. The maximum Gasteiger partial charge on any atom is 0.327 e. The molecule has 1 heterocycles. The molecule has 1 radical (unpaired) electrons. The Morgan fingerprint density at radius 2 is 1.62 bits per heavy atom. The summed E-state index contributed by atoms with van der Waals surface area (Å²) in [4.78, 5) is 0. The Morgan fingerprint density at radius 3 is 2.43 bits per heavy atom. The standard InChI is InChI=1S/C18H12BO2/c20-19-15-7-4-8-16-18(15)14-10-9-13(11-17(14)21-16)12-5-2-1-3-6-12/h1-11,20H. The Balaban J connectivity index is 1.99. The van der Waals surface area contributed by atoms with E-state index in [1.54, 1.807) is 0 Å². The van der Waals surface area contributed by atoms with Crippen molar-refractivity contribution in [3.63, 3.8) is 0 Å². The van der Waals surface area contributed by atoms with E-state index < -0.39 is 0 Å². The number of hydrogen-bond donors (Lipinski definition) is 1. The smallest absolute Gasteiger partial charge is 0.327 e. The van der Waals surface area contributed by atoms with E-state index in [1.807, 2.05) is 42.5 Å². The fourth-order valence-corrected chi connectivity index (χ4v) is 2.77. The lowest BCUT2D eigenvalue weighted by Crippen LogP contribution is -2.13. The van der Waals surface area contributed by atoms with Gasteiger partial charge in [0.15, 0.2) is 0 Å². The lowest BCUT2D eigenvalue weighted by atomic mass is 9.85. The number of hydrogen-bond acceptors (Lipinski definition) is 2. The molecule has 0 amide bonds. The third-order valence-corrected chi connectivity index (χ3v) is 3.78. The molecule has 0 aliphatic rings. The molecular weight excluding hydrogens is 259 g/mol. The van der Waals surface area contributed by atoms with E-state index in [9.17, 15) is 5.02 Å². The van der Waals surface area contributed by atoms with Crippen LogP contribution in [0.4, 0.5) is 0 Å². The highest BCUT2D eigenvalue weighted by molar-refractivity contribution is 6.51. The van der Waals surface area contributed by atoms with Crippen LogP contribution in [-0.4, -0.2) is 12.5 Å². The van der Waals surface area contributed by atoms with Crippen molar-refractivity contribution in [3.05, 3.63) is 66.7 Å². The van der Waals surface area contributed by atoms with Gasteiger partial charge in [-0.25, -0.2) is 0 Å². The quantitative estimate of drug-likeness (QED) is 0.566. The Kier molecular flexibility index (Phi) is 2.79. The van der Waals surface area contributed by atoms with E-state index in [4.69, 9.17) is 4.42 Å². The molecule has 0 fully saturated rings.